The standard InChI is InChI=1S/C19H28N2O3/c1-15-8-12-21(13-9-15)11-3-10-20-19(23)14-24-18-6-4-17(5-7-18)16(2)22/h4-7,15H,3,8-14H2,1-2H3,(H,20,23). The smallest absolute Gasteiger partial charge is 0.257 e. The second-order valence-electron chi connectivity index (χ2n) is 6.60. The van der Waals surface area contributed by atoms with Gasteiger partial charge in [0.1, 0.15) is 5.75 Å². The van der Waals surface area contributed by atoms with E-state index in [1.165, 1.54) is 32.9 Å². The number of nitrogens with zero attached hydrogens (tertiary/aromatic N) is 1. The van der Waals surface area contributed by atoms with Gasteiger partial charge >= 0.3 is 0 Å². The van der Waals surface area contributed by atoms with Crippen molar-refractivity contribution in [3.8, 4) is 5.75 Å². The molecular formula is C19H28N2O3. The zero-order valence-electron chi connectivity index (χ0n) is 14.7. The topological polar surface area (TPSA) is 58.6 Å². The number of hydrogen-bond donors (Lipinski definition) is 1. The van der Waals surface area contributed by atoms with Crippen molar-refractivity contribution in [1.82, 2.24) is 10.2 Å². The first-order chi connectivity index (χ1) is 11.5. The molecule has 0 bridgehead atoms. The Kier molecular flexibility index (Phi) is 7.25. The van der Waals surface area contributed by atoms with E-state index < -0.39 is 0 Å². The predicted molar refractivity (Wildman–Crippen MR) is 94.4 cm³/mol. The minimum absolute atomic E-state index is 0.000642. The van der Waals surface area contributed by atoms with Gasteiger partial charge in [0.2, 0.25) is 0 Å². The number of likely N-dealkylation sites (tertiary alicyclic amines) is 1. The number of rotatable bonds is 8. The van der Waals surface area contributed by atoms with Crippen molar-refractivity contribution < 1.29 is 14.3 Å². The van der Waals surface area contributed by atoms with E-state index in [0.717, 1.165) is 18.9 Å². The van der Waals surface area contributed by atoms with Gasteiger partial charge in [-0.05, 0) is 76.0 Å². The number of carbonyl (C=O) groups excluding carboxylic acids is 2. The van der Waals surface area contributed by atoms with Crippen LogP contribution < -0.4 is 10.1 Å². The molecule has 132 valence electrons. The average Bonchev–Trinajstić information content (AvgIpc) is 2.59. The van der Waals surface area contributed by atoms with Crippen LogP contribution in [0.15, 0.2) is 24.3 Å². The van der Waals surface area contributed by atoms with Gasteiger partial charge in [-0.2, -0.15) is 0 Å². The molecule has 0 aliphatic carbocycles. The highest BCUT2D eigenvalue weighted by Gasteiger charge is 2.14. The molecule has 0 saturated carbocycles. The molecule has 0 aromatic heterocycles. The van der Waals surface area contributed by atoms with Gasteiger partial charge < -0.3 is 15.0 Å². The maximum absolute atomic E-state index is 11.8. The van der Waals surface area contributed by atoms with E-state index in [1.54, 1.807) is 24.3 Å². The van der Waals surface area contributed by atoms with Crippen LogP contribution in [0.3, 0.4) is 0 Å². The Bertz CT molecular complexity index is 534. The molecule has 1 N–H and O–H groups in total. The van der Waals surface area contributed by atoms with Crippen LogP contribution in [0.2, 0.25) is 0 Å². The molecule has 1 saturated heterocycles. The van der Waals surface area contributed by atoms with E-state index in [-0.39, 0.29) is 18.3 Å². The van der Waals surface area contributed by atoms with E-state index in [9.17, 15) is 9.59 Å². The molecule has 24 heavy (non-hydrogen) atoms. The average molecular weight is 332 g/mol. The normalized spacial score (nSPS) is 15.9. The summed E-state index contributed by atoms with van der Waals surface area (Å²) in [5.74, 6) is 1.35. The van der Waals surface area contributed by atoms with Crippen molar-refractivity contribution in [1.29, 1.82) is 0 Å². The fraction of sp³-hybridized carbons (Fsp3) is 0.579. The molecule has 1 fully saturated rings. The third kappa shape index (κ3) is 6.32. The summed E-state index contributed by atoms with van der Waals surface area (Å²) in [6.45, 7) is 7.90. The van der Waals surface area contributed by atoms with Crippen LogP contribution in [0.1, 0.15) is 43.5 Å². The number of ether oxygens (including phenoxy) is 1. The minimum Gasteiger partial charge on any atom is -0.484 e. The summed E-state index contributed by atoms with van der Waals surface area (Å²) in [7, 11) is 0. The van der Waals surface area contributed by atoms with Gasteiger partial charge in [-0.25, -0.2) is 0 Å². The molecule has 2 rings (SSSR count). The highest BCUT2D eigenvalue weighted by Crippen LogP contribution is 2.15. The van der Waals surface area contributed by atoms with Crippen LogP contribution in [-0.4, -0.2) is 49.4 Å². The van der Waals surface area contributed by atoms with Gasteiger partial charge in [0.15, 0.2) is 12.4 Å². The van der Waals surface area contributed by atoms with Gasteiger partial charge in [-0.3, -0.25) is 9.59 Å². The summed E-state index contributed by atoms with van der Waals surface area (Å²) in [5, 5.41) is 2.89. The minimum atomic E-state index is -0.113. The summed E-state index contributed by atoms with van der Waals surface area (Å²) < 4.78 is 5.43. The number of carbonyl (C=O) groups is 2. The molecule has 5 nitrogen and oxygen atoms in total. The Labute approximate surface area is 144 Å². The predicted octanol–water partition coefficient (Wildman–Crippen LogP) is 2.51. The Hall–Kier alpha value is -1.88. The maximum Gasteiger partial charge on any atom is 0.257 e. The zero-order valence-corrected chi connectivity index (χ0v) is 14.7. The third-order valence-electron chi connectivity index (χ3n) is 4.48. The van der Waals surface area contributed by atoms with Crippen molar-refractivity contribution in [2.24, 2.45) is 5.92 Å². The SMILES string of the molecule is CC(=O)c1ccc(OCC(=O)NCCCN2CCC(C)CC2)cc1. The van der Waals surface area contributed by atoms with Crippen LogP contribution in [0.4, 0.5) is 0 Å². The zero-order chi connectivity index (χ0) is 17.4. The van der Waals surface area contributed by atoms with Crippen LogP contribution in [0.5, 0.6) is 5.75 Å². The van der Waals surface area contributed by atoms with Gasteiger partial charge in [-0.1, -0.05) is 6.92 Å². The first-order valence-electron chi connectivity index (χ1n) is 8.77. The van der Waals surface area contributed by atoms with E-state index >= 15 is 0 Å². The van der Waals surface area contributed by atoms with Crippen LogP contribution in [-0.2, 0) is 4.79 Å². The number of piperidine rings is 1. The molecule has 0 unspecified atom stereocenters. The highest BCUT2D eigenvalue weighted by molar-refractivity contribution is 5.94. The number of amides is 1. The Morgan fingerprint density at radius 3 is 2.50 bits per heavy atom. The van der Waals surface area contributed by atoms with Crippen molar-refractivity contribution >= 4 is 11.7 Å². The lowest BCUT2D eigenvalue weighted by Gasteiger charge is -2.30. The molecule has 0 atom stereocenters. The molecule has 1 heterocycles. The summed E-state index contributed by atoms with van der Waals surface area (Å²) in [6, 6.07) is 6.83. The maximum atomic E-state index is 11.8. The quantitative estimate of drug-likeness (QED) is 0.587. The Balaban J connectivity index is 1.57. The monoisotopic (exact) mass is 332 g/mol. The molecule has 1 aromatic carbocycles. The molecular weight excluding hydrogens is 304 g/mol. The Morgan fingerprint density at radius 1 is 1.21 bits per heavy atom. The summed E-state index contributed by atoms with van der Waals surface area (Å²) >= 11 is 0. The van der Waals surface area contributed by atoms with Crippen molar-refractivity contribution in [3.63, 3.8) is 0 Å². The van der Waals surface area contributed by atoms with Gasteiger partial charge in [0, 0.05) is 12.1 Å². The van der Waals surface area contributed by atoms with Gasteiger partial charge in [0.05, 0.1) is 0 Å². The fourth-order valence-electron chi connectivity index (χ4n) is 2.80. The molecule has 1 aromatic rings. The lowest BCUT2D eigenvalue weighted by molar-refractivity contribution is -0.123. The van der Waals surface area contributed by atoms with E-state index in [0.29, 0.717) is 17.9 Å². The van der Waals surface area contributed by atoms with Crippen molar-refractivity contribution in [2.45, 2.75) is 33.1 Å². The first-order valence-corrected chi connectivity index (χ1v) is 8.77. The second kappa shape index (κ2) is 9.42. The number of hydrogen-bond acceptors (Lipinski definition) is 4. The van der Waals surface area contributed by atoms with Crippen LogP contribution in [0, 0.1) is 5.92 Å². The Morgan fingerprint density at radius 2 is 1.88 bits per heavy atom. The first kappa shape index (κ1) is 18.5. The summed E-state index contributed by atoms with van der Waals surface area (Å²) in [4.78, 5) is 25.4. The largest absolute Gasteiger partial charge is 0.484 e. The number of nitrogens with one attached hydrogen (secondary N) is 1. The van der Waals surface area contributed by atoms with Crippen molar-refractivity contribution in [3.05, 3.63) is 29.8 Å². The summed E-state index contributed by atoms with van der Waals surface area (Å²) in [6.07, 6.45) is 3.53. The van der Waals surface area contributed by atoms with Gasteiger partial charge in [0.25, 0.3) is 5.91 Å². The van der Waals surface area contributed by atoms with Crippen LogP contribution >= 0.6 is 0 Å². The molecule has 1 aliphatic heterocycles. The number of benzene rings is 1. The lowest BCUT2D eigenvalue weighted by Crippen LogP contribution is -2.36. The lowest BCUT2D eigenvalue weighted by atomic mass is 9.99. The molecule has 0 spiro atoms. The number of Topliss-reactive ketones (excluding diaryl/α,β-unsaturated/α-hetero) is 1. The van der Waals surface area contributed by atoms with Crippen molar-refractivity contribution in [2.75, 3.05) is 32.8 Å². The van der Waals surface area contributed by atoms with E-state index in [1.807, 2.05) is 0 Å². The van der Waals surface area contributed by atoms with E-state index in [4.69, 9.17) is 4.74 Å². The van der Waals surface area contributed by atoms with Crippen LogP contribution in [0.25, 0.3) is 0 Å². The molecule has 0 radical (unpaired) electrons. The highest BCUT2D eigenvalue weighted by atomic mass is 16.5. The summed E-state index contributed by atoms with van der Waals surface area (Å²) in [5.41, 5.74) is 0.638. The third-order valence-corrected chi connectivity index (χ3v) is 4.48. The van der Waals surface area contributed by atoms with E-state index in [2.05, 4.69) is 17.1 Å². The number of ketones is 1. The second-order valence-corrected chi connectivity index (χ2v) is 6.60. The molecule has 5 heteroatoms. The fourth-order valence-corrected chi connectivity index (χ4v) is 2.80. The molecule has 1 aliphatic rings. The molecule has 1 amide bonds. The van der Waals surface area contributed by atoms with Gasteiger partial charge in [-0.15, -0.1) is 0 Å².